The van der Waals surface area contributed by atoms with Crippen molar-refractivity contribution >= 4 is 10.0 Å². The quantitative estimate of drug-likeness (QED) is 0.520. The predicted octanol–water partition coefficient (Wildman–Crippen LogP) is 1.73. The molecule has 0 aromatic rings. The number of hydrogen-bond acceptors (Lipinski definition) is 4. The average Bonchev–Trinajstić information content (AvgIpc) is 2.68. The molecule has 20 heavy (non-hydrogen) atoms. The fourth-order valence-electron chi connectivity index (χ4n) is 2.84. The normalized spacial score (nSPS) is 18.4. The Hall–Kier alpha value is -0.170. The van der Waals surface area contributed by atoms with Gasteiger partial charge in [-0.05, 0) is 32.2 Å². The molecule has 0 saturated heterocycles. The molecule has 120 valence electrons. The van der Waals surface area contributed by atoms with Crippen LogP contribution in [0.3, 0.4) is 0 Å². The third-order valence-corrected chi connectivity index (χ3v) is 5.92. The first-order valence-corrected chi connectivity index (χ1v) is 9.41. The van der Waals surface area contributed by atoms with Gasteiger partial charge < -0.3 is 10.5 Å². The smallest absolute Gasteiger partial charge is 0.214 e. The van der Waals surface area contributed by atoms with E-state index in [1.54, 1.807) is 11.4 Å². The molecule has 0 bridgehead atoms. The summed E-state index contributed by atoms with van der Waals surface area (Å²) in [5, 5.41) is 0. The second kappa shape index (κ2) is 9.71. The van der Waals surface area contributed by atoms with Gasteiger partial charge in [0.15, 0.2) is 0 Å². The van der Waals surface area contributed by atoms with Crippen molar-refractivity contribution in [1.29, 1.82) is 0 Å². The van der Waals surface area contributed by atoms with Crippen molar-refractivity contribution in [3.05, 3.63) is 0 Å². The molecule has 1 saturated carbocycles. The van der Waals surface area contributed by atoms with Gasteiger partial charge in [0.05, 0.1) is 5.75 Å². The van der Waals surface area contributed by atoms with Crippen LogP contribution in [0.1, 0.15) is 51.4 Å². The summed E-state index contributed by atoms with van der Waals surface area (Å²) in [7, 11) is -1.58. The summed E-state index contributed by atoms with van der Waals surface area (Å²) < 4.78 is 31.8. The maximum absolute atomic E-state index is 12.6. The van der Waals surface area contributed by atoms with Gasteiger partial charge in [-0.3, -0.25) is 0 Å². The molecule has 0 aliphatic heterocycles. The van der Waals surface area contributed by atoms with Gasteiger partial charge in [-0.25, -0.2) is 8.42 Å². The molecule has 1 fully saturated rings. The van der Waals surface area contributed by atoms with Crippen molar-refractivity contribution in [1.82, 2.24) is 4.31 Å². The Labute approximate surface area is 123 Å². The molecule has 0 aromatic heterocycles. The topological polar surface area (TPSA) is 72.6 Å². The summed E-state index contributed by atoms with van der Waals surface area (Å²) in [5.41, 5.74) is 5.56. The average molecular weight is 306 g/mol. The van der Waals surface area contributed by atoms with Crippen LogP contribution in [-0.2, 0) is 14.8 Å². The van der Waals surface area contributed by atoms with Gasteiger partial charge in [-0.15, -0.1) is 0 Å². The van der Waals surface area contributed by atoms with Crippen molar-refractivity contribution in [2.24, 2.45) is 5.73 Å². The van der Waals surface area contributed by atoms with Crippen LogP contribution in [0.25, 0.3) is 0 Å². The number of sulfonamides is 1. The molecule has 5 nitrogen and oxygen atoms in total. The van der Waals surface area contributed by atoms with Crippen molar-refractivity contribution in [2.75, 3.05) is 32.6 Å². The lowest BCUT2D eigenvalue weighted by molar-refractivity contribution is 0.198. The monoisotopic (exact) mass is 306 g/mol. The lowest BCUT2D eigenvalue weighted by atomic mass is 10.1. The molecule has 6 heteroatoms. The molecule has 0 aromatic carbocycles. The fourth-order valence-corrected chi connectivity index (χ4v) is 4.63. The van der Waals surface area contributed by atoms with Gasteiger partial charge in [0, 0.05) is 26.3 Å². The van der Waals surface area contributed by atoms with Gasteiger partial charge in [0.25, 0.3) is 0 Å². The molecular weight excluding hydrogens is 276 g/mol. The number of rotatable bonds is 9. The van der Waals surface area contributed by atoms with Crippen LogP contribution >= 0.6 is 0 Å². The summed E-state index contributed by atoms with van der Waals surface area (Å²) in [6, 6.07) is 0.177. The first-order valence-electron chi connectivity index (χ1n) is 7.80. The molecule has 0 spiro atoms. The van der Waals surface area contributed by atoms with Gasteiger partial charge in [0.2, 0.25) is 10.0 Å². The highest BCUT2D eigenvalue weighted by atomic mass is 32.2. The minimum absolute atomic E-state index is 0.177. The molecule has 2 N–H and O–H groups in total. The molecular formula is C14H30N2O3S. The van der Waals surface area contributed by atoms with Crippen LogP contribution < -0.4 is 5.73 Å². The molecule has 0 unspecified atom stereocenters. The Morgan fingerprint density at radius 3 is 2.35 bits per heavy atom. The Bertz CT molecular complexity index is 338. The van der Waals surface area contributed by atoms with Gasteiger partial charge >= 0.3 is 0 Å². The van der Waals surface area contributed by atoms with E-state index < -0.39 is 10.0 Å². The number of nitrogens with two attached hydrogens (primary N) is 1. The van der Waals surface area contributed by atoms with Crippen LogP contribution in [-0.4, -0.2) is 51.3 Å². The summed E-state index contributed by atoms with van der Waals surface area (Å²) in [4.78, 5) is 0. The highest BCUT2D eigenvalue weighted by molar-refractivity contribution is 7.89. The van der Waals surface area contributed by atoms with E-state index in [0.717, 1.165) is 32.1 Å². The zero-order valence-electron chi connectivity index (χ0n) is 12.7. The van der Waals surface area contributed by atoms with Crippen molar-refractivity contribution in [3.63, 3.8) is 0 Å². The minimum atomic E-state index is -3.18. The molecule has 1 rings (SSSR count). The lowest BCUT2D eigenvalue weighted by Crippen LogP contribution is -2.42. The SMILES string of the molecule is COCCCS(=O)(=O)N(CCCN)C1CCCCCC1. The summed E-state index contributed by atoms with van der Waals surface area (Å²) in [6.07, 6.45) is 8.01. The van der Waals surface area contributed by atoms with Crippen molar-refractivity contribution in [3.8, 4) is 0 Å². The summed E-state index contributed by atoms with van der Waals surface area (Å²) in [6.45, 7) is 1.60. The van der Waals surface area contributed by atoms with Gasteiger partial charge in [0.1, 0.15) is 0 Å². The Kier molecular flexibility index (Phi) is 8.68. The molecule has 0 heterocycles. The third-order valence-electron chi connectivity index (χ3n) is 3.92. The fraction of sp³-hybridized carbons (Fsp3) is 1.00. The van der Waals surface area contributed by atoms with Crippen LogP contribution in [0, 0.1) is 0 Å². The molecule has 0 radical (unpaired) electrons. The van der Waals surface area contributed by atoms with E-state index in [0.29, 0.717) is 26.1 Å². The van der Waals surface area contributed by atoms with Gasteiger partial charge in [-0.1, -0.05) is 25.7 Å². The molecule has 0 amide bonds. The lowest BCUT2D eigenvalue weighted by Gasteiger charge is -2.30. The molecule has 1 aliphatic carbocycles. The number of ether oxygens (including phenoxy) is 1. The number of nitrogens with zero attached hydrogens (tertiary/aromatic N) is 1. The summed E-state index contributed by atoms with van der Waals surface area (Å²) in [5.74, 6) is 0.182. The van der Waals surface area contributed by atoms with E-state index in [1.165, 1.54) is 12.8 Å². The molecule has 0 atom stereocenters. The highest BCUT2D eigenvalue weighted by Gasteiger charge is 2.29. The van der Waals surface area contributed by atoms with Crippen LogP contribution in [0.15, 0.2) is 0 Å². The van der Waals surface area contributed by atoms with E-state index >= 15 is 0 Å². The van der Waals surface area contributed by atoms with E-state index in [-0.39, 0.29) is 11.8 Å². The van der Waals surface area contributed by atoms with Crippen LogP contribution in [0.2, 0.25) is 0 Å². The Morgan fingerprint density at radius 2 is 1.80 bits per heavy atom. The van der Waals surface area contributed by atoms with Crippen molar-refractivity contribution in [2.45, 2.75) is 57.4 Å². The van der Waals surface area contributed by atoms with E-state index in [4.69, 9.17) is 10.5 Å². The maximum Gasteiger partial charge on any atom is 0.214 e. The van der Waals surface area contributed by atoms with Crippen molar-refractivity contribution < 1.29 is 13.2 Å². The zero-order chi connectivity index (χ0) is 14.8. The first kappa shape index (κ1) is 17.9. The van der Waals surface area contributed by atoms with E-state index in [1.807, 2.05) is 0 Å². The largest absolute Gasteiger partial charge is 0.385 e. The Balaban J connectivity index is 2.69. The van der Waals surface area contributed by atoms with E-state index in [2.05, 4.69) is 0 Å². The standard InChI is InChI=1S/C14H30N2O3S/c1-19-12-7-13-20(17,18)16(11-6-10-15)14-8-4-2-3-5-9-14/h14H,2-13,15H2,1H3. The molecule has 1 aliphatic rings. The first-order chi connectivity index (χ1) is 9.61. The third kappa shape index (κ3) is 6.08. The second-order valence-electron chi connectivity index (χ2n) is 5.56. The van der Waals surface area contributed by atoms with Crippen LogP contribution in [0.4, 0.5) is 0 Å². The second-order valence-corrected chi connectivity index (χ2v) is 7.60. The van der Waals surface area contributed by atoms with Crippen LogP contribution in [0.5, 0.6) is 0 Å². The number of hydrogen-bond donors (Lipinski definition) is 1. The van der Waals surface area contributed by atoms with E-state index in [9.17, 15) is 8.42 Å². The Morgan fingerprint density at radius 1 is 1.15 bits per heavy atom. The summed E-state index contributed by atoms with van der Waals surface area (Å²) >= 11 is 0. The highest BCUT2D eigenvalue weighted by Crippen LogP contribution is 2.24. The number of methoxy groups -OCH3 is 1. The zero-order valence-corrected chi connectivity index (χ0v) is 13.5. The minimum Gasteiger partial charge on any atom is -0.385 e. The van der Waals surface area contributed by atoms with Gasteiger partial charge in [-0.2, -0.15) is 4.31 Å². The maximum atomic E-state index is 12.6. The predicted molar refractivity (Wildman–Crippen MR) is 82.1 cm³/mol.